The summed E-state index contributed by atoms with van der Waals surface area (Å²) in [6, 6.07) is 19.8. The van der Waals surface area contributed by atoms with Crippen LogP contribution in [0.2, 0.25) is 0 Å². The van der Waals surface area contributed by atoms with E-state index in [0.717, 1.165) is 25.1 Å². The van der Waals surface area contributed by atoms with Gasteiger partial charge in [0.2, 0.25) is 5.95 Å². The average molecular weight is 330 g/mol. The minimum atomic E-state index is -0.543. The van der Waals surface area contributed by atoms with E-state index in [0.29, 0.717) is 11.6 Å². The van der Waals surface area contributed by atoms with E-state index < -0.39 is 5.91 Å². The number of carbonyl (C=O) groups is 1. The van der Waals surface area contributed by atoms with Crippen LogP contribution in [-0.2, 0) is 13.0 Å². The molecule has 0 spiro atoms. The van der Waals surface area contributed by atoms with E-state index in [1.165, 1.54) is 11.1 Å². The third kappa shape index (κ3) is 3.08. The Morgan fingerprint density at radius 3 is 2.44 bits per heavy atom. The highest BCUT2D eigenvalue weighted by Crippen LogP contribution is 2.25. The van der Waals surface area contributed by atoms with Crippen LogP contribution in [0.5, 0.6) is 0 Å². The zero-order valence-corrected chi connectivity index (χ0v) is 13.7. The minimum absolute atomic E-state index is 0.239. The van der Waals surface area contributed by atoms with Crippen molar-refractivity contribution in [1.82, 2.24) is 9.97 Å². The van der Waals surface area contributed by atoms with Crippen LogP contribution in [-0.4, -0.2) is 22.4 Å². The third-order valence-corrected chi connectivity index (χ3v) is 4.45. The fourth-order valence-electron chi connectivity index (χ4n) is 3.13. The van der Waals surface area contributed by atoms with Crippen molar-refractivity contribution in [2.24, 2.45) is 5.73 Å². The van der Waals surface area contributed by atoms with Gasteiger partial charge >= 0.3 is 0 Å². The van der Waals surface area contributed by atoms with Crippen molar-refractivity contribution in [3.05, 3.63) is 77.5 Å². The highest BCUT2D eigenvalue weighted by molar-refractivity contribution is 5.92. The van der Waals surface area contributed by atoms with Crippen LogP contribution < -0.4 is 10.6 Å². The van der Waals surface area contributed by atoms with Crippen LogP contribution in [0.15, 0.2) is 60.7 Å². The average Bonchev–Trinajstić information content (AvgIpc) is 2.68. The Kier molecular flexibility index (Phi) is 3.90. The molecule has 0 aliphatic carbocycles. The van der Waals surface area contributed by atoms with Gasteiger partial charge < -0.3 is 10.6 Å². The van der Waals surface area contributed by atoms with Crippen molar-refractivity contribution in [3.63, 3.8) is 0 Å². The molecule has 0 fully saturated rings. The van der Waals surface area contributed by atoms with Crippen molar-refractivity contribution < 1.29 is 4.79 Å². The second-order valence-electron chi connectivity index (χ2n) is 6.11. The molecule has 0 bridgehead atoms. The monoisotopic (exact) mass is 330 g/mol. The van der Waals surface area contributed by atoms with E-state index >= 15 is 0 Å². The second kappa shape index (κ2) is 6.36. The molecule has 124 valence electrons. The molecule has 0 atom stereocenters. The molecular weight excluding hydrogens is 312 g/mol. The van der Waals surface area contributed by atoms with Crippen molar-refractivity contribution in [1.29, 1.82) is 0 Å². The molecule has 0 radical (unpaired) electrons. The molecule has 3 aromatic rings. The van der Waals surface area contributed by atoms with Gasteiger partial charge in [-0.25, -0.2) is 9.97 Å². The zero-order chi connectivity index (χ0) is 17.2. The number of anilines is 1. The van der Waals surface area contributed by atoms with Gasteiger partial charge in [-0.05, 0) is 23.6 Å². The van der Waals surface area contributed by atoms with Gasteiger partial charge in [-0.15, -0.1) is 0 Å². The maximum atomic E-state index is 11.7. The fraction of sp³-hybridized carbons (Fsp3) is 0.150. The first-order chi connectivity index (χ1) is 12.2. The Bertz CT molecular complexity index is 924. The lowest BCUT2D eigenvalue weighted by Crippen LogP contribution is -2.32. The molecule has 5 nitrogen and oxygen atoms in total. The number of nitrogens with two attached hydrogens (primary N) is 1. The van der Waals surface area contributed by atoms with E-state index in [1.807, 2.05) is 36.4 Å². The largest absolute Gasteiger partial charge is 0.364 e. The van der Waals surface area contributed by atoms with Crippen molar-refractivity contribution in [2.75, 3.05) is 11.4 Å². The summed E-state index contributed by atoms with van der Waals surface area (Å²) in [4.78, 5) is 22.9. The molecule has 0 unspecified atom stereocenters. The first kappa shape index (κ1) is 15.3. The molecule has 4 rings (SSSR count). The van der Waals surface area contributed by atoms with Crippen LogP contribution in [0.25, 0.3) is 11.3 Å². The van der Waals surface area contributed by atoms with Crippen LogP contribution in [0.4, 0.5) is 5.95 Å². The van der Waals surface area contributed by atoms with E-state index in [4.69, 9.17) is 5.73 Å². The predicted molar refractivity (Wildman–Crippen MR) is 97.2 cm³/mol. The van der Waals surface area contributed by atoms with Gasteiger partial charge in [0.25, 0.3) is 5.91 Å². The lowest BCUT2D eigenvalue weighted by molar-refractivity contribution is 0.0995. The first-order valence-corrected chi connectivity index (χ1v) is 8.27. The Balaban J connectivity index is 1.75. The maximum Gasteiger partial charge on any atom is 0.267 e. The quantitative estimate of drug-likeness (QED) is 0.801. The molecular formula is C20H18N4O. The van der Waals surface area contributed by atoms with Crippen molar-refractivity contribution in [2.45, 2.75) is 13.0 Å². The molecule has 0 saturated heterocycles. The highest BCUT2D eigenvalue weighted by Gasteiger charge is 2.20. The molecule has 5 heteroatoms. The van der Waals surface area contributed by atoms with Gasteiger partial charge in [-0.3, -0.25) is 4.79 Å². The molecule has 1 aliphatic heterocycles. The molecule has 0 saturated carbocycles. The summed E-state index contributed by atoms with van der Waals surface area (Å²) >= 11 is 0. The Morgan fingerprint density at radius 1 is 0.960 bits per heavy atom. The lowest BCUT2D eigenvalue weighted by Gasteiger charge is -2.29. The number of aromatic nitrogens is 2. The summed E-state index contributed by atoms with van der Waals surface area (Å²) in [5, 5.41) is 0. The molecule has 25 heavy (non-hydrogen) atoms. The summed E-state index contributed by atoms with van der Waals surface area (Å²) in [6.45, 7) is 1.54. The zero-order valence-electron chi connectivity index (χ0n) is 13.7. The molecule has 1 aliphatic rings. The smallest absolute Gasteiger partial charge is 0.267 e. The second-order valence-corrected chi connectivity index (χ2v) is 6.11. The molecule has 1 aromatic heterocycles. The van der Waals surface area contributed by atoms with E-state index in [1.54, 1.807) is 6.07 Å². The number of carbonyl (C=O) groups excluding carboxylic acids is 1. The first-order valence-electron chi connectivity index (χ1n) is 8.27. The molecule has 2 heterocycles. The Labute approximate surface area is 146 Å². The number of nitrogens with zero attached hydrogens (tertiary/aromatic N) is 3. The van der Waals surface area contributed by atoms with Crippen LogP contribution in [0, 0.1) is 0 Å². The van der Waals surface area contributed by atoms with Gasteiger partial charge in [-0.1, -0.05) is 54.6 Å². The topological polar surface area (TPSA) is 72.1 Å². The Morgan fingerprint density at radius 2 is 1.68 bits per heavy atom. The van der Waals surface area contributed by atoms with Gasteiger partial charge in [-0.2, -0.15) is 0 Å². The summed E-state index contributed by atoms with van der Waals surface area (Å²) in [6.07, 6.45) is 0.932. The third-order valence-electron chi connectivity index (χ3n) is 4.45. The Hall–Kier alpha value is -3.21. The standard InChI is InChI=1S/C20H18N4O/c21-19(25)18-12-17(15-7-2-1-3-8-15)22-20(23-18)24-11-10-14-6-4-5-9-16(14)13-24/h1-9,12H,10-11,13H2,(H2,21,25). The SMILES string of the molecule is NC(=O)c1cc(-c2ccccc2)nc(N2CCc3ccccc3C2)n1. The number of fused-ring (bicyclic) bond motifs is 1. The fourth-order valence-corrected chi connectivity index (χ4v) is 3.13. The van der Waals surface area contributed by atoms with Crippen LogP contribution in [0.3, 0.4) is 0 Å². The van der Waals surface area contributed by atoms with Crippen molar-refractivity contribution in [3.8, 4) is 11.3 Å². The molecule has 1 amide bonds. The van der Waals surface area contributed by atoms with Crippen LogP contribution in [0.1, 0.15) is 21.6 Å². The van der Waals surface area contributed by atoms with E-state index in [2.05, 4.69) is 33.1 Å². The maximum absolute atomic E-state index is 11.7. The number of rotatable bonds is 3. The molecule has 2 aromatic carbocycles. The number of primary amides is 1. The van der Waals surface area contributed by atoms with Gasteiger partial charge in [0.15, 0.2) is 0 Å². The highest BCUT2D eigenvalue weighted by atomic mass is 16.1. The molecule has 2 N–H and O–H groups in total. The summed E-state index contributed by atoms with van der Waals surface area (Å²) in [5.41, 5.74) is 9.99. The number of hydrogen-bond acceptors (Lipinski definition) is 4. The minimum Gasteiger partial charge on any atom is -0.364 e. The van der Waals surface area contributed by atoms with E-state index in [-0.39, 0.29) is 5.69 Å². The number of amides is 1. The van der Waals surface area contributed by atoms with Crippen LogP contribution >= 0.6 is 0 Å². The van der Waals surface area contributed by atoms with E-state index in [9.17, 15) is 4.79 Å². The summed E-state index contributed by atoms with van der Waals surface area (Å²) < 4.78 is 0. The number of benzene rings is 2. The van der Waals surface area contributed by atoms with Gasteiger partial charge in [0.05, 0.1) is 5.69 Å². The normalized spacial score (nSPS) is 13.4. The number of hydrogen-bond donors (Lipinski definition) is 1. The summed E-state index contributed by atoms with van der Waals surface area (Å²) in [7, 11) is 0. The predicted octanol–water partition coefficient (Wildman–Crippen LogP) is 2.81. The van der Waals surface area contributed by atoms with Gasteiger partial charge in [0.1, 0.15) is 5.69 Å². The lowest BCUT2D eigenvalue weighted by atomic mass is 10.0. The van der Waals surface area contributed by atoms with Crippen molar-refractivity contribution >= 4 is 11.9 Å². The summed E-state index contributed by atoms with van der Waals surface area (Å²) in [5.74, 6) is 0.00268. The van der Waals surface area contributed by atoms with Gasteiger partial charge in [0, 0.05) is 18.7 Å².